The number of aliphatic hydroxyl groups is 1. The highest BCUT2D eigenvalue weighted by atomic mass is 16.5. The maximum absolute atomic E-state index is 10.5. The SMILES string of the molecule is CC(C)(O)[C@H]1CC=C2C3CC[C@H]4Cc5c([nH]c6ccccc56)[C@]4(C)[C@@]3(C)CC[C@@H]2O1. The second-order valence-electron chi connectivity index (χ2n) is 11.4. The Labute approximate surface area is 179 Å². The van der Waals surface area contributed by atoms with Crippen molar-refractivity contribution in [2.45, 2.75) is 89.4 Å². The van der Waals surface area contributed by atoms with Gasteiger partial charge < -0.3 is 14.8 Å². The van der Waals surface area contributed by atoms with Gasteiger partial charge in [-0.15, -0.1) is 0 Å². The molecule has 1 aromatic heterocycles. The third-order valence-corrected chi connectivity index (χ3v) is 9.74. The molecule has 2 saturated carbocycles. The van der Waals surface area contributed by atoms with E-state index < -0.39 is 5.60 Å². The van der Waals surface area contributed by atoms with Gasteiger partial charge in [-0.2, -0.15) is 0 Å². The molecule has 2 fully saturated rings. The molecular formula is C27H35NO2. The lowest BCUT2D eigenvalue weighted by atomic mass is 9.44. The van der Waals surface area contributed by atoms with Gasteiger partial charge in [-0.05, 0) is 86.8 Å². The fourth-order valence-electron chi connectivity index (χ4n) is 7.86. The summed E-state index contributed by atoms with van der Waals surface area (Å²) in [5, 5.41) is 11.9. The second kappa shape index (κ2) is 6.01. The van der Waals surface area contributed by atoms with E-state index in [0.717, 1.165) is 18.8 Å². The Bertz CT molecular complexity index is 1040. The van der Waals surface area contributed by atoms with Gasteiger partial charge in [0.05, 0.1) is 17.8 Å². The number of nitrogens with one attached hydrogen (secondary N) is 1. The van der Waals surface area contributed by atoms with Crippen LogP contribution in [0.3, 0.4) is 0 Å². The lowest BCUT2D eigenvalue weighted by Crippen LogP contribution is -2.58. The Hall–Kier alpha value is -1.58. The zero-order valence-corrected chi connectivity index (χ0v) is 18.8. The third kappa shape index (κ3) is 2.29. The van der Waals surface area contributed by atoms with E-state index in [9.17, 15) is 5.11 Å². The summed E-state index contributed by atoms with van der Waals surface area (Å²) in [6, 6.07) is 8.86. The minimum atomic E-state index is -0.781. The molecule has 0 bridgehead atoms. The topological polar surface area (TPSA) is 45.2 Å². The predicted octanol–water partition coefficient (Wildman–Crippen LogP) is 5.66. The second-order valence-corrected chi connectivity index (χ2v) is 11.4. The molecule has 0 radical (unpaired) electrons. The van der Waals surface area contributed by atoms with Gasteiger partial charge in [0.15, 0.2) is 0 Å². The van der Waals surface area contributed by atoms with Crippen LogP contribution >= 0.6 is 0 Å². The van der Waals surface area contributed by atoms with Crippen molar-refractivity contribution < 1.29 is 9.84 Å². The number of benzene rings is 1. The minimum Gasteiger partial charge on any atom is -0.388 e. The molecule has 1 aromatic carbocycles. The van der Waals surface area contributed by atoms with Crippen molar-refractivity contribution >= 4 is 10.9 Å². The van der Waals surface area contributed by atoms with Crippen molar-refractivity contribution in [3.8, 4) is 0 Å². The summed E-state index contributed by atoms with van der Waals surface area (Å²) >= 11 is 0. The molecule has 3 aliphatic carbocycles. The molecule has 160 valence electrons. The van der Waals surface area contributed by atoms with Crippen LogP contribution in [-0.2, 0) is 16.6 Å². The zero-order valence-electron chi connectivity index (χ0n) is 18.8. The highest BCUT2D eigenvalue weighted by Gasteiger charge is 2.63. The van der Waals surface area contributed by atoms with Gasteiger partial charge in [0.1, 0.15) is 0 Å². The number of hydrogen-bond donors (Lipinski definition) is 2. The first-order valence-electron chi connectivity index (χ1n) is 11.9. The molecular weight excluding hydrogens is 370 g/mol. The lowest BCUT2D eigenvalue weighted by molar-refractivity contribution is -0.139. The van der Waals surface area contributed by atoms with Crippen LogP contribution in [0.15, 0.2) is 35.9 Å². The fraction of sp³-hybridized carbons (Fsp3) is 0.630. The first-order chi connectivity index (χ1) is 14.2. The van der Waals surface area contributed by atoms with Crippen LogP contribution in [0.2, 0.25) is 0 Å². The maximum Gasteiger partial charge on any atom is 0.0899 e. The summed E-state index contributed by atoms with van der Waals surface area (Å²) in [4.78, 5) is 3.89. The molecule has 4 aliphatic rings. The number of para-hydroxylation sites is 1. The molecule has 2 N–H and O–H groups in total. The molecule has 2 aromatic rings. The number of ether oxygens (including phenoxy) is 1. The van der Waals surface area contributed by atoms with Crippen molar-refractivity contribution in [3.05, 3.63) is 47.2 Å². The van der Waals surface area contributed by atoms with Crippen LogP contribution in [0.5, 0.6) is 0 Å². The summed E-state index contributed by atoms with van der Waals surface area (Å²) in [7, 11) is 0. The summed E-state index contributed by atoms with van der Waals surface area (Å²) in [5.41, 5.74) is 5.59. The molecule has 0 amide bonds. The van der Waals surface area contributed by atoms with Crippen LogP contribution in [0.25, 0.3) is 10.9 Å². The van der Waals surface area contributed by atoms with Crippen LogP contribution < -0.4 is 0 Å². The zero-order chi connectivity index (χ0) is 20.9. The monoisotopic (exact) mass is 405 g/mol. The Kier molecular flexibility index (Phi) is 3.83. The van der Waals surface area contributed by atoms with E-state index in [1.807, 2.05) is 13.8 Å². The van der Waals surface area contributed by atoms with Gasteiger partial charge >= 0.3 is 0 Å². The van der Waals surface area contributed by atoms with Crippen LogP contribution in [0, 0.1) is 17.3 Å². The number of rotatable bonds is 1. The third-order valence-electron chi connectivity index (χ3n) is 9.74. The van der Waals surface area contributed by atoms with Crippen molar-refractivity contribution in [1.82, 2.24) is 4.98 Å². The smallest absolute Gasteiger partial charge is 0.0899 e. The molecule has 6 atom stereocenters. The highest BCUT2D eigenvalue weighted by Crippen LogP contribution is 2.67. The summed E-state index contributed by atoms with van der Waals surface area (Å²) in [6.45, 7) is 8.90. The van der Waals surface area contributed by atoms with Crippen LogP contribution in [0.4, 0.5) is 0 Å². The maximum atomic E-state index is 10.5. The molecule has 0 spiro atoms. The Morgan fingerprint density at radius 2 is 1.93 bits per heavy atom. The molecule has 1 unspecified atom stereocenters. The van der Waals surface area contributed by atoms with E-state index in [1.165, 1.54) is 47.9 Å². The average Bonchev–Trinajstić information content (AvgIpc) is 3.22. The van der Waals surface area contributed by atoms with E-state index in [2.05, 4.69) is 49.2 Å². The van der Waals surface area contributed by atoms with E-state index in [1.54, 1.807) is 5.56 Å². The molecule has 0 saturated heterocycles. The Morgan fingerprint density at radius 1 is 1.13 bits per heavy atom. The lowest BCUT2D eigenvalue weighted by Gasteiger charge is -2.61. The van der Waals surface area contributed by atoms with Gasteiger partial charge in [-0.1, -0.05) is 38.1 Å². The van der Waals surface area contributed by atoms with Gasteiger partial charge in [0.2, 0.25) is 0 Å². The summed E-state index contributed by atoms with van der Waals surface area (Å²) in [6.07, 6.45) is 9.45. The molecule has 1 aliphatic heterocycles. The normalized spacial score (nSPS) is 40.4. The van der Waals surface area contributed by atoms with Crippen molar-refractivity contribution in [1.29, 1.82) is 0 Å². The number of aromatic nitrogens is 1. The number of H-pyrrole nitrogens is 1. The van der Waals surface area contributed by atoms with Crippen molar-refractivity contribution in [2.75, 3.05) is 0 Å². The minimum absolute atomic E-state index is 0.0886. The van der Waals surface area contributed by atoms with Crippen molar-refractivity contribution in [3.63, 3.8) is 0 Å². The van der Waals surface area contributed by atoms with Gasteiger partial charge in [0, 0.05) is 22.0 Å². The largest absolute Gasteiger partial charge is 0.388 e. The molecule has 2 heterocycles. The predicted molar refractivity (Wildman–Crippen MR) is 121 cm³/mol. The summed E-state index contributed by atoms with van der Waals surface area (Å²) in [5.74, 6) is 1.31. The number of aromatic amines is 1. The van der Waals surface area contributed by atoms with E-state index in [-0.39, 0.29) is 23.0 Å². The van der Waals surface area contributed by atoms with E-state index in [4.69, 9.17) is 4.74 Å². The van der Waals surface area contributed by atoms with Crippen molar-refractivity contribution in [2.24, 2.45) is 17.3 Å². The van der Waals surface area contributed by atoms with Gasteiger partial charge in [-0.25, -0.2) is 0 Å². The molecule has 6 rings (SSSR count). The summed E-state index contributed by atoms with van der Waals surface area (Å²) < 4.78 is 6.48. The quantitative estimate of drug-likeness (QED) is 0.601. The number of fused-ring (bicyclic) bond motifs is 9. The molecule has 3 heteroatoms. The van der Waals surface area contributed by atoms with Crippen LogP contribution in [0.1, 0.15) is 71.1 Å². The number of hydrogen-bond acceptors (Lipinski definition) is 2. The standard InChI is InChI=1S/C27H35NO2/c1-25(2,29)23-12-10-18-20-11-9-16-15-19-17-7-5-6-8-21(17)28-24(19)27(16,4)26(20,3)14-13-22(18)30-23/h5-8,10,16,20,22-23,28-29H,9,11-15H2,1-4H3/t16-,20?,22-,23+,26-,27+/m0/s1. The first-order valence-corrected chi connectivity index (χ1v) is 11.9. The Morgan fingerprint density at radius 3 is 2.73 bits per heavy atom. The van der Waals surface area contributed by atoms with Gasteiger partial charge in [0.25, 0.3) is 0 Å². The van der Waals surface area contributed by atoms with Crippen LogP contribution in [-0.4, -0.2) is 27.9 Å². The fourth-order valence-corrected chi connectivity index (χ4v) is 7.86. The first kappa shape index (κ1) is 19.1. The average molecular weight is 406 g/mol. The molecule has 3 nitrogen and oxygen atoms in total. The van der Waals surface area contributed by atoms with Gasteiger partial charge in [-0.3, -0.25) is 0 Å². The molecule has 30 heavy (non-hydrogen) atoms. The highest BCUT2D eigenvalue weighted by molar-refractivity contribution is 5.86. The Balaban J connectivity index is 1.43. The van der Waals surface area contributed by atoms with E-state index in [0.29, 0.717) is 5.92 Å². The van der Waals surface area contributed by atoms with E-state index >= 15 is 0 Å².